The van der Waals surface area contributed by atoms with Crippen LogP contribution in [0.1, 0.15) is 10.4 Å². The molecule has 0 aliphatic carbocycles. The highest BCUT2D eigenvalue weighted by Crippen LogP contribution is 2.28. The van der Waals surface area contributed by atoms with Gasteiger partial charge in [-0.05, 0) is 42.5 Å². The fourth-order valence-electron chi connectivity index (χ4n) is 2.72. The van der Waals surface area contributed by atoms with Crippen molar-refractivity contribution in [1.29, 1.82) is 0 Å². The molecule has 0 atom stereocenters. The van der Waals surface area contributed by atoms with E-state index in [0.29, 0.717) is 23.7 Å². The number of benzene rings is 2. The standard InChI is InChI=1S/C17H15BrCl2N2O3S/c18-13-3-1-12(2-4-13)17(23)21-7-9-22(10-8-21)26(24,25)16-11-14(19)5-6-15(16)20/h1-6,11H,7-10H2. The maximum absolute atomic E-state index is 12.8. The van der Waals surface area contributed by atoms with Crippen LogP contribution in [0.4, 0.5) is 0 Å². The van der Waals surface area contributed by atoms with E-state index >= 15 is 0 Å². The number of piperazine rings is 1. The molecule has 0 saturated carbocycles. The Morgan fingerprint density at radius 1 is 0.962 bits per heavy atom. The Kier molecular flexibility index (Phi) is 5.94. The molecule has 2 aromatic carbocycles. The highest BCUT2D eigenvalue weighted by atomic mass is 79.9. The number of carbonyl (C=O) groups excluding carboxylic acids is 1. The van der Waals surface area contributed by atoms with Crippen LogP contribution in [0, 0.1) is 0 Å². The molecule has 5 nitrogen and oxygen atoms in total. The van der Waals surface area contributed by atoms with Crippen LogP contribution in [0.15, 0.2) is 51.8 Å². The molecular formula is C17H15BrCl2N2O3S. The SMILES string of the molecule is O=C(c1ccc(Br)cc1)N1CCN(S(=O)(=O)c2cc(Cl)ccc2Cl)CC1. The Morgan fingerprint density at radius 2 is 1.58 bits per heavy atom. The van der Waals surface area contributed by atoms with E-state index in [1.165, 1.54) is 22.5 Å². The van der Waals surface area contributed by atoms with Crippen molar-refractivity contribution in [2.45, 2.75) is 4.90 Å². The lowest BCUT2D eigenvalue weighted by Crippen LogP contribution is -2.50. The number of hydrogen-bond acceptors (Lipinski definition) is 3. The van der Waals surface area contributed by atoms with E-state index < -0.39 is 10.0 Å². The molecule has 138 valence electrons. The predicted molar refractivity (Wildman–Crippen MR) is 105 cm³/mol. The molecule has 1 heterocycles. The molecule has 0 unspecified atom stereocenters. The van der Waals surface area contributed by atoms with Crippen molar-refractivity contribution >= 4 is 55.1 Å². The lowest BCUT2D eigenvalue weighted by atomic mass is 10.2. The fourth-order valence-corrected chi connectivity index (χ4v) is 5.14. The van der Waals surface area contributed by atoms with Crippen molar-refractivity contribution in [3.63, 3.8) is 0 Å². The van der Waals surface area contributed by atoms with Gasteiger partial charge in [0.15, 0.2) is 0 Å². The number of amides is 1. The van der Waals surface area contributed by atoms with Gasteiger partial charge in [-0.15, -0.1) is 0 Å². The second-order valence-corrected chi connectivity index (χ2v) is 9.44. The summed E-state index contributed by atoms with van der Waals surface area (Å²) in [5, 5.41) is 0.430. The van der Waals surface area contributed by atoms with Crippen molar-refractivity contribution in [1.82, 2.24) is 9.21 Å². The van der Waals surface area contributed by atoms with Crippen LogP contribution < -0.4 is 0 Å². The quantitative estimate of drug-likeness (QED) is 0.673. The van der Waals surface area contributed by atoms with Crippen molar-refractivity contribution in [3.05, 3.63) is 62.5 Å². The molecule has 3 rings (SSSR count). The summed E-state index contributed by atoms with van der Waals surface area (Å²) in [5.74, 6) is -0.115. The minimum atomic E-state index is -3.76. The zero-order valence-electron chi connectivity index (χ0n) is 13.5. The van der Waals surface area contributed by atoms with Gasteiger partial charge in [0.1, 0.15) is 4.90 Å². The first-order valence-corrected chi connectivity index (χ1v) is 10.8. The Hall–Kier alpha value is -1.12. The zero-order chi connectivity index (χ0) is 18.9. The minimum absolute atomic E-state index is 0.0145. The van der Waals surface area contributed by atoms with Crippen LogP contribution in [0.2, 0.25) is 10.0 Å². The zero-order valence-corrected chi connectivity index (χ0v) is 17.4. The normalized spacial score (nSPS) is 15.9. The molecule has 0 N–H and O–H groups in total. The van der Waals surface area contributed by atoms with Gasteiger partial charge in [-0.1, -0.05) is 39.1 Å². The van der Waals surface area contributed by atoms with E-state index in [1.807, 2.05) is 0 Å². The van der Waals surface area contributed by atoms with E-state index in [0.717, 1.165) is 4.47 Å². The van der Waals surface area contributed by atoms with Crippen LogP contribution >= 0.6 is 39.1 Å². The molecular weight excluding hydrogens is 463 g/mol. The predicted octanol–water partition coefficient (Wildman–Crippen LogP) is 3.90. The van der Waals surface area contributed by atoms with Crippen LogP contribution in [-0.4, -0.2) is 49.7 Å². The van der Waals surface area contributed by atoms with Crippen LogP contribution in [0.3, 0.4) is 0 Å². The number of nitrogens with zero attached hydrogens (tertiary/aromatic N) is 2. The molecule has 1 aliphatic rings. The lowest BCUT2D eigenvalue weighted by Gasteiger charge is -2.34. The average molecular weight is 478 g/mol. The Labute approximate surface area is 170 Å². The third-order valence-electron chi connectivity index (χ3n) is 4.13. The molecule has 1 aliphatic heterocycles. The third kappa shape index (κ3) is 4.07. The second kappa shape index (κ2) is 7.86. The van der Waals surface area contributed by atoms with Gasteiger partial charge in [0.05, 0.1) is 5.02 Å². The molecule has 1 amide bonds. The molecule has 0 bridgehead atoms. The van der Waals surface area contributed by atoms with Crippen LogP contribution in [0.5, 0.6) is 0 Å². The van der Waals surface area contributed by atoms with Gasteiger partial charge >= 0.3 is 0 Å². The van der Waals surface area contributed by atoms with Gasteiger partial charge in [-0.25, -0.2) is 8.42 Å². The lowest BCUT2D eigenvalue weighted by molar-refractivity contribution is 0.0698. The number of rotatable bonds is 3. The molecule has 2 aromatic rings. The maximum atomic E-state index is 12.8. The Balaban J connectivity index is 1.72. The number of sulfonamides is 1. The monoisotopic (exact) mass is 476 g/mol. The first-order valence-electron chi connectivity index (χ1n) is 7.79. The van der Waals surface area contributed by atoms with Gasteiger partial charge in [-0.2, -0.15) is 4.31 Å². The highest BCUT2D eigenvalue weighted by molar-refractivity contribution is 9.10. The van der Waals surface area contributed by atoms with Crippen molar-refractivity contribution in [2.24, 2.45) is 0 Å². The molecule has 9 heteroatoms. The summed E-state index contributed by atoms with van der Waals surface area (Å²) in [5.41, 5.74) is 0.572. The molecule has 1 fully saturated rings. The van der Waals surface area contributed by atoms with Crippen LogP contribution in [0.25, 0.3) is 0 Å². The third-order valence-corrected chi connectivity index (χ3v) is 7.27. The van der Waals surface area contributed by atoms with E-state index in [9.17, 15) is 13.2 Å². The maximum Gasteiger partial charge on any atom is 0.253 e. The summed E-state index contributed by atoms with van der Waals surface area (Å²) in [7, 11) is -3.76. The molecule has 1 saturated heterocycles. The van der Waals surface area contributed by atoms with Gasteiger partial charge in [0, 0.05) is 41.2 Å². The summed E-state index contributed by atoms with van der Waals surface area (Å²) in [6, 6.07) is 11.4. The van der Waals surface area contributed by atoms with Gasteiger partial charge in [0.25, 0.3) is 5.91 Å². The van der Waals surface area contributed by atoms with Crippen molar-refractivity contribution < 1.29 is 13.2 Å². The van der Waals surface area contributed by atoms with E-state index in [2.05, 4.69) is 15.9 Å². The number of carbonyl (C=O) groups is 1. The summed E-state index contributed by atoms with van der Waals surface area (Å²) in [4.78, 5) is 14.2. The van der Waals surface area contributed by atoms with Gasteiger partial charge in [-0.3, -0.25) is 4.79 Å². The summed E-state index contributed by atoms with van der Waals surface area (Å²) in [6.07, 6.45) is 0. The van der Waals surface area contributed by atoms with Crippen molar-refractivity contribution in [3.8, 4) is 0 Å². The Morgan fingerprint density at radius 3 is 2.19 bits per heavy atom. The number of halogens is 3. The van der Waals surface area contributed by atoms with Crippen LogP contribution in [-0.2, 0) is 10.0 Å². The fraction of sp³-hybridized carbons (Fsp3) is 0.235. The van der Waals surface area contributed by atoms with E-state index in [4.69, 9.17) is 23.2 Å². The largest absolute Gasteiger partial charge is 0.336 e. The first kappa shape index (κ1) is 19.6. The minimum Gasteiger partial charge on any atom is -0.336 e. The molecule has 0 spiro atoms. The Bertz CT molecular complexity index is 928. The molecule has 26 heavy (non-hydrogen) atoms. The molecule has 0 aromatic heterocycles. The van der Waals surface area contributed by atoms with Gasteiger partial charge in [0.2, 0.25) is 10.0 Å². The van der Waals surface area contributed by atoms with E-state index in [1.54, 1.807) is 29.2 Å². The molecule has 0 radical (unpaired) electrons. The highest BCUT2D eigenvalue weighted by Gasteiger charge is 2.31. The second-order valence-electron chi connectivity index (χ2n) is 5.78. The smallest absolute Gasteiger partial charge is 0.253 e. The average Bonchev–Trinajstić information content (AvgIpc) is 2.64. The van der Waals surface area contributed by atoms with Gasteiger partial charge < -0.3 is 4.90 Å². The summed E-state index contributed by atoms with van der Waals surface area (Å²) >= 11 is 15.3. The topological polar surface area (TPSA) is 57.7 Å². The summed E-state index contributed by atoms with van der Waals surface area (Å²) in [6.45, 7) is 1.03. The number of hydrogen-bond donors (Lipinski definition) is 0. The van der Waals surface area contributed by atoms with Crippen molar-refractivity contribution in [2.75, 3.05) is 26.2 Å². The van der Waals surface area contributed by atoms with E-state index in [-0.39, 0.29) is 28.9 Å². The first-order chi connectivity index (χ1) is 12.3. The summed E-state index contributed by atoms with van der Waals surface area (Å²) < 4.78 is 27.9.